The Bertz CT molecular complexity index is 346. The summed E-state index contributed by atoms with van der Waals surface area (Å²) in [6.45, 7) is 4.16. The maximum atomic E-state index is 9.84. The van der Waals surface area contributed by atoms with Crippen molar-refractivity contribution in [3.63, 3.8) is 0 Å². The summed E-state index contributed by atoms with van der Waals surface area (Å²) < 4.78 is 0. The van der Waals surface area contributed by atoms with Crippen molar-refractivity contribution in [3.8, 4) is 0 Å². The highest BCUT2D eigenvalue weighted by Gasteiger charge is 2.21. The zero-order valence-corrected chi connectivity index (χ0v) is 8.88. The second-order valence-electron chi connectivity index (χ2n) is 4.05. The molecule has 2 heteroatoms. The predicted octanol–water partition coefficient (Wildman–Crippen LogP) is 2.32. The first-order valence-electron chi connectivity index (χ1n) is 5.39. The van der Waals surface area contributed by atoms with E-state index in [1.54, 1.807) is 0 Å². The van der Waals surface area contributed by atoms with Crippen LogP contribution in [0.25, 0.3) is 0 Å². The second-order valence-corrected chi connectivity index (χ2v) is 4.05. The molecule has 0 bridgehead atoms. The fourth-order valence-electron chi connectivity index (χ4n) is 2.28. The Labute approximate surface area is 85.0 Å². The van der Waals surface area contributed by atoms with E-state index in [1.165, 1.54) is 11.1 Å². The van der Waals surface area contributed by atoms with Gasteiger partial charge >= 0.3 is 0 Å². The summed E-state index contributed by atoms with van der Waals surface area (Å²) in [6, 6.07) is 2.15. The molecule has 0 saturated carbocycles. The zero-order chi connectivity index (χ0) is 10.1. The molecule has 1 N–H and O–H groups in total. The molecule has 0 amide bonds. The van der Waals surface area contributed by atoms with Crippen LogP contribution in [0.2, 0.25) is 0 Å². The van der Waals surface area contributed by atoms with E-state index in [1.807, 2.05) is 6.92 Å². The number of hydrogen-bond donors (Lipinski definition) is 1. The Morgan fingerprint density at radius 2 is 2.36 bits per heavy atom. The lowest BCUT2D eigenvalue weighted by Gasteiger charge is -2.23. The van der Waals surface area contributed by atoms with Crippen LogP contribution in [0, 0.1) is 6.92 Å². The average Bonchev–Trinajstić information content (AvgIpc) is 2.18. The molecule has 1 aliphatic rings. The number of aromatic nitrogens is 1. The Morgan fingerprint density at radius 1 is 1.57 bits per heavy atom. The lowest BCUT2D eigenvalue weighted by atomic mass is 9.89. The molecule has 0 saturated heterocycles. The van der Waals surface area contributed by atoms with Gasteiger partial charge < -0.3 is 5.11 Å². The minimum Gasteiger partial charge on any atom is -0.387 e. The van der Waals surface area contributed by atoms with E-state index in [0.29, 0.717) is 0 Å². The number of aryl methyl sites for hydroxylation is 2. The largest absolute Gasteiger partial charge is 0.387 e. The molecule has 1 aromatic heterocycles. The summed E-state index contributed by atoms with van der Waals surface area (Å²) in [5, 5.41) is 9.84. The van der Waals surface area contributed by atoms with Crippen LogP contribution in [-0.4, -0.2) is 10.1 Å². The normalized spacial score (nSPS) is 20.6. The van der Waals surface area contributed by atoms with Gasteiger partial charge in [-0.15, -0.1) is 0 Å². The third-order valence-corrected chi connectivity index (χ3v) is 2.98. The van der Waals surface area contributed by atoms with E-state index < -0.39 is 0 Å². The van der Waals surface area contributed by atoms with Gasteiger partial charge in [0.15, 0.2) is 0 Å². The van der Waals surface area contributed by atoms with E-state index in [2.05, 4.69) is 18.0 Å². The highest BCUT2D eigenvalue weighted by Crippen LogP contribution is 2.30. The number of hydrogen-bond acceptors (Lipinski definition) is 2. The first-order valence-corrected chi connectivity index (χ1v) is 5.39. The molecule has 0 fully saturated rings. The summed E-state index contributed by atoms with van der Waals surface area (Å²) in [7, 11) is 0. The molecule has 14 heavy (non-hydrogen) atoms. The molecule has 0 spiro atoms. The molecule has 0 radical (unpaired) electrons. The quantitative estimate of drug-likeness (QED) is 0.739. The maximum Gasteiger partial charge on any atom is 0.0962 e. The van der Waals surface area contributed by atoms with Crippen molar-refractivity contribution in [1.29, 1.82) is 0 Å². The van der Waals surface area contributed by atoms with Gasteiger partial charge in [-0.3, -0.25) is 4.98 Å². The van der Waals surface area contributed by atoms with E-state index in [9.17, 15) is 5.11 Å². The molecular formula is C12H17NO. The van der Waals surface area contributed by atoms with Crippen LogP contribution >= 0.6 is 0 Å². The monoisotopic (exact) mass is 191 g/mol. The SMILES string of the molecule is CCc1cc(C)nc2c1CCCC2O. The summed E-state index contributed by atoms with van der Waals surface area (Å²) in [4.78, 5) is 4.45. The van der Waals surface area contributed by atoms with Gasteiger partial charge in [-0.2, -0.15) is 0 Å². The van der Waals surface area contributed by atoms with Crippen LogP contribution in [0.3, 0.4) is 0 Å². The summed E-state index contributed by atoms with van der Waals surface area (Å²) in [5.41, 5.74) is 4.64. The lowest BCUT2D eigenvalue weighted by Crippen LogP contribution is -2.14. The van der Waals surface area contributed by atoms with Gasteiger partial charge in [0.2, 0.25) is 0 Å². The van der Waals surface area contributed by atoms with Gasteiger partial charge in [0, 0.05) is 5.69 Å². The molecular weight excluding hydrogens is 174 g/mol. The van der Waals surface area contributed by atoms with Crippen molar-refractivity contribution < 1.29 is 5.11 Å². The van der Waals surface area contributed by atoms with Gasteiger partial charge in [-0.05, 0) is 49.8 Å². The third-order valence-electron chi connectivity index (χ3n) is 2.98. The van der Waals surface area contributed by atoms with Gasteiger partial charge in [-0.1, -0.05) is 6.92 Å². The van der Waals surface area contributed by atoms with Crippen molar-refractivity contribution >= 4 is 0 Å². The summed E-state index contributed by atoms with van der Waals surface area (Å²) in [6.07, 6.45) is 3.75. The number of nitrogens with zero attached hydrogens (tertiary/aromatic N) is 1. The van der Waals surface area contributed by atoms with Crippen LogP contribution in [-0.2, 0) is 12.8 Å². The third kappa shape index (κ3) is 1.55. The number of fused-ring (bicyclic) bond motifs is 1. The Balaban J connectivity index is 2.54. The van der Waals surface area contributed by atoms with E-state index in [0.717, 1.165) is 37.1 Å². The number of aliphatic hydroxyl groups is 1. The average molecular weight is 191 g/mol. The minimum absolute atomic E-state index is 0.330. The minimum atomic E-state index is -0.330. The van der Waals surface area contributed by atoms with Crippen molar-refractivity contribution in [2.45, 2.75) is 45.6 Å². The molecule has 1 heterocycles. The van der Waals surface area contributed by atoms with Crippen LogP contribution in [0.5, 0.6) is 0 Å². The summed E-state index contributed by atoms with van der Waals surface area (Å²) >= 11 is 0. The van der Waals surface area contributed by atoms with Crippen LogP contribution in [0.1, 0.15) is 48.4 Å². The molecule has 2 rings (SSSR count). The van der Waals surface area contributed by atoms with Crippen LogP contribution in [0.15, 0.2) is 6.07 Å². The predicted molar refractivity (Wildman–Crippen MR) is 56.2 cm³/mol. The van der Waals surface area contributed by atoms with E-state index >= 15 is 0 Å². The van der Waals surface area contributed by atoms with Gasteiger partial charge in [0.1, 0.15) is 0 Å². The topological polar surface area (TPSA) is 33.1 Å². The van der Waals surface area contributed by atoms with Gasteiger partial charge in [0.25, 0.3) is 0 Å². The highest BCUT2D eigenvalue weighted by molar-refractivity contribution is 5.35. The number of aliphatic hydroxyl groups excluding tert-OH is 1. The molecule has 76 valence electrons. The molecule has 0 aromatic carbocycles. The Hall–Kier alpha value is -0.890. The smallest absolute Gasteiger partial charge is 0.0962 e. The highest BCUT2D eigenvalue weighted by atomic mass is 16.3. The molecule has 1 aliphatic carbocycles. The second kappa shape index (κ2) is 3.70. The van der Waals surface area contributed by atoms with Crippen LogP contribution < -0.4 is 0 Å². The Kier molecular flexibility index (Phi) is 2.55. The van der Waals surface area contributed by atoms with Crippen LogP contribution in [0.4, 0.5) is 0 Å². The lowest BCUT2D eigenvalue weighted by molar-refractivity contribution is 0.151. The first kappa shape index (κ1) is 9.66. The maximum absolute atomic E-state index is 9.84. The standard InChI is InChI=1S/C12H17NO/c1-3-9-7-8(2)13-12-10(9)5-4-6-11(12)14/h7,11,14H,3-6H2,1-2H3. The van der Waals surface area contributed by atoms with Crippen molar-refractivity contribution in [1.82, 2.24) is 4.98 Å². The van der Waals surface area contributed by atoms with Crippen molar-refractivity contribution in [2.75, 3.05) is 0 Å². The summed E-state index contributed by atoms with van der Waals surface area (Å²) in [5.74, 6) is 0. The molecule has 1 aromatic rings. The number of rotatable bonds is 1. The van der Waals surface area contributed by atoms with Gasteiger partial charge in [-0.25, -0.2) is 0 Å². The number of pyridine rings is 1. The first-order chi connectivity index (χ1) is 6.72. The fraction of sp³-hybridized carbons (Fsp3) is 0.583. The van der Waals surface area contributed by atoms with E-state index in [-0.39, 0.29) is 6.10 Å². The van der Waals surface area contributed by atoms with Gasteiger partial charge in [0.05, 0.1) is 11.8 Å². The van der Waals surface area contributed by atoms with Crippen molar-refractivity contribution in [2.24, 2.45) is 0 Å². The molecule has 1 unspecified atom stereocenters. The molecule has 2 nitrogen and oxygen atoms in total. The zero-order valence-electron chi connectivity index (χ0n) is 8.88. The Morgan fingerprint density at radius 3 is 3.07 bits per heavy atom. The van der Waals surface area contributed by atoms with Crippen molar-refractivity contribution in [3.05, 3.63) is 28.6 Å². The fourth-order valence-corrected chi connectivity index (χ4v) is 2.28. The molecule has 0 aliphatic heterocycles. The van der Waals surface area contributed by atoms with E-state index in [4.69, 9.17) is 0 Å². The molecule has 1 atom stereocenters.